The van der Waals surface area contributed by atoms with E-state index in [0.29, 0.717) is 11.9 Å². The molecule has 1 heterocycles. The summed E-state index contributed by atoms with van der Waals surface area (Å²) >= 11 is 0. The summed E-state index contributed by atoms with van der Waals surface area (Å²) in [5, 5.41) is 2.95. The van der Waals surface area contributed by atoms with E-state index in [0.717, 1.165) is 5.70 Å². The Morgan fingerprint density at radius 3 is 2.69 bits per heavy atom. The van der Waals surface area contributed by atoms with Crippen LogP contribution in [0.25, 0.3) is 0 Å². The average Bonchev–Trinajstić information content (AvgIpc) is 2.31. The number of nitrogens with zero attached hydrogens (tertiary/aromatic N) is 3. The maximum absolute atomic E-state index is 5.61. The minimum Gasteiger partial charge on any atom is -0.369 e. The molecule has 0 amide bonds. The third kappa shape index (κ3) is 2.21. The molecule has 0 aromatic rings. The Bertz CT molecular complexity index is 276. The molecule has 5 heteroatoms. The highest BCUT2D eigenvalue weighted by Crippen LogP contribution is 2.07. The lowest BCUT2D eigenvalue weighted by molar-refractivity contribution is 0.615. The minimum atomic E-state index is 0.0775. The SMILES string of the molecule is C=C1NC(N=C(N)N(C)C)=NC1C. The van der Waals surface area contributed by atoms with Crippen LogP contribution in [0, 0.1) is 0 Å². The summed E-state index contributed by atoms with van der Waals surface area (Å²) < 4.78 is 0. The van der Waals surface area contributed by atoms with Crippen LogP contribution in [0.4, 0.5) is 0 Å². The van der Waals surface area contributed by atoms with Gasteiger partial charge in [-0.15, -0.1) is 0 Å². The molecule has 0 aromatic carbocycles. The van der Waals surface area contributed by atoms with Gasteiger partial charge in [-0.25, -0.2) is 4.99 Å². The lowest BCUT2D eigenvalue weighted by Gasteiger charge is -2.09. The number of aliphatic imine (C=N–C) groups is 2. The smallest absolute Gasteiger partial charge is 0.226 e. The molecule has 0 saturated carbocycles. The van der Waals surface area contributed by atoms with E-state index < -0.39 is 0 Å². The summed E-state index contributed by atoms with van der Waals surface area (Å²) in [6.45, 7) is 5.74. The van der Waals surface area contributed by atoms with E-state index in [1.807, 2.05) is 21.0 Å². The van der Waals surface area contributed by atoms with Crippen LogP contribution in [0.5, 0.6) is 0 Å². The molecule has 1 unspecified atom stereocenters. The van der Waals surface area contributed by atoms with Crippen molar-refractivity contribution < 1.29 is 0 Å². The van der Waals surface area contributed by atoms with Crippen molar-refractivity contribution in [3.05, 3.63) is 12.3 Å². The van der Waals surface area contributed by atoms with Crippen molar-refractivity contribution in [2.75, 3.05) is 14.1 Å². The number of nitrogens with two attached hydrogens (primary N) is 1. The maximum Gasteiger partial charge on any atom is 0.226 e. The van der Waals surface area contributed by atoms with E-state index in [1.54, 1.807) is 4.90 Å². The van der Waals surface area contributed by atoms with Gasteiger partial charge in [0.2, 0.25) is 5.96 Å². The molecule has 13 heavy (non-hydrogen) atoms. The molecule has 1 aliphatic rings. The molecular weight excluding hydrogens is 166 g/mol. The zero-order valence-electron chi connectivity index (χ0n) is 8.20. The molecule has 0 aromatic heterocycles. The monoisotopic (exact) mass is 181 g/mol. The highest BCUT2D eigenvalue weighted by molar-refractivity contribution is 5.95. The topological polar surface area (TPSA) is 66.0 Å². The van der Waals surface area contributed by atoms with Crippen molar-refractivity contribution in [1.82, 2.24) is 10.2 Å². The van der Waals surface area contributed by atoms with Crippen molar-refractivity contribution >= 4 is 11.9 Å². The van der Waals surface area contributed by atoms with Crippen LogP contribution in [0.3, 0.4) is 0 Å². The van der Waals surface area contributed by atoms with Gasteiger partial charge in [0, 0.05) is 19.8 Å². The first-order valence-electron chi connectivity index (χ1n) is 4.06. The van der Waals surface area contributed by atoms with Gasteiger partial charge in [0.05, 0.1) is 6.04 Å². The first kappa shape index (κ1) is 9.57. The highest BCUT2D eigenvalue weighted by Gasteiger charge is 2.15. The Morgan fingerprint density at radius 2 is 2.31 bits per heavy atom. The van der Waals surface area contributed by atoms with Crippen molar-refractivity contribution in [2.45, 2.75) is 13.0 Å². The van der Waals surface area contributed by atoms with Crippen molar-refractivity contribution in [2.24, 2.45) is 15.7 Å². The molecule has 5 nitrogen and oxygen atoms in total. The summed E-state index contributed by atoms with van der Waals surface area (Å²) in [5.41, 5.74) is 6.46. The Labute approximate surface area is 78.0 Å². The van der Waals surface area contributed by atoms with Crippen LogP contribution in [0.1, 0.15) is 6.92 Å². The maximum atomic E-state index is 5.61. The predicted octanol–water partition coefficient (Wildman–Crippen LogP) is -0.276. The molecule has 1 atom stereocenters. The van der Waals surface area contributed by atoms with E-state index >= 15 is 0 Å². The largest absolute Gasteiger partial charge is 0.369 e. The van der Waals surface area contributed by atoms with Crippen LogP contribution in [-0.2, 0) is 0 Å². The first-order valence-corrected chi connectivity index (χ1v) is 4.06. The van der Waals surface area contributed by atoms with Gasteiger partial charge in [-0.3, -0.25) is 0 Å². The number of nitrogens with one attached hydrogen (secondary N) is 1. The molecular formula is C8H15N5. The van der Waals surface area contributed by atoms with Gasteiger partial charge >= 0.3 is 0 Å². The molecule has 0 radical (unpaired) electrons. The zero-order chi connectivity index (χ0) is 10.0. The second kappa shape index (κ2) is 3.47. The lowest BCUT2D eigenvalue weighted by atomic mass is 10.3. The summed E-state index contributed by atoms with van der Waals surface area (Å²) in [6.07, 6.45) is 0. The van der Waals surface area contributed by atoms with Crippen LogP contribution in [0.15, 0.2) is 22.3 Å². The van der Waals surface area contributed by atoms with E-state index in [2.05, 4.69) is 21.9 Å². The first-order chi connectivity index (χ1) is 6.00. The summed E-state index contributed by atoms with van der Waals surface area (Å²) in [5.74, 6) is 0.955. The van der Waals surface area contributed by atoms with E-state index in [9.17, 15) is 0 Å². The van der Waals surface area contributed by atoms with Crippen molar-refractivity contribution in [1.29, 1.82) is 0 Å². The zero-order valence-corrected chi connectivity index (χ0v) is 8.20. The number of hydrogen-bond donors (Lipinski definition) is 2. The lowest BCUT2D eigenvalue weighted by Crippen LogP contribution is -2.32. The summed E-state index contributed by atoms with van der Waals surface area (Å²) in [7, 11) is 3.65. The van der Waals surface area contributed by atoms with Gasteiger partial charge in [0.15, 0.2) is 5.96 Å². The van der Waals surface area contributed by atoms with E-state index in [1.165, 1.54) is 0 Å². The third-order valence-electron chi connectivity index (χ3n) is 1.77. The number of guanidine groups is 2. The van der Waals surface area contributed by atoms with E-state index in [-0.39, 0.29) is 6.04 Å². The Kier molecular flexibility index (Phi) is 2.55. The van der Waals surface area contributed by atoms with Gasteiger partial charge in [-0.2, -0.15) is 4.99 Å². The quantitative estimate of drug-likeness (QED) is 0.399. The number of rotatable bonds is 0. The van der Waals surface area contributed by atoms with Gasteiger partial charge in [-0.1, -0.05) is 6.58 Å². The second-order valence-corrected chi connectivity index (χ2v) is 3.14. The van der Waals surface area contributed by atoms with Crippen LogP contribution in [-0.4, -0.2) is 37.0 Å². The second-order valence-electron chi connectivity index (χ2n) is 3.14. The van der Waals surface area contributed by atoms with Gasteiger partial charge in [0.1, 0.15) is 0 Å². The standard InChI is InChI=1S/C8H15N5/c1-5-6(2)11-8(10-5)12-7(9)13(3)4/h6H,1H2,2-4H3,(H3,9,10,11,12). The molecule has 0 spiro atoms. The van der Waals surface area contributed by atoms with Crippen molar-refractivity contribution in [3.8, 4) is 0 Å². The van der Waals surface area contributed by atoms with Gasteiger partial charge in [-0.05, 0) is 6.92 Å². The van der Waals surface area contributed by atoms with Crippen LogP contribution in [0.2, 0.25) is 0 Å². The fourth-order valence-electron chi connectivity index (χ4n) is 0.807. The summed E-state index contributed by atoms with van der Waals surface area (Å²) in [4.78, 5) is 10.00. The Hall–Kier alpha value is -1.52. The Morgan fingerprint density at radius 1 is 1.69 bits per heavy atom. The molecule has 0 bridgehead atoms. The fourth-order valence-corrected chi connectivity index (χ4v) is 0.807. The van der Waals surface area contributed by atoms with Crippen LogP contribution < -0.4 is 11.1 Å². The number of hydrogen-bond acceptors (Lipinski definition) is 3. The molecule has 3 N–H and O–H groups in total. The Balaban J connectivity index is 2.72. The third-order valence-corrected chi connectivity index (χ3v) is 1.77. The molecule has 1 aliphatic heterocycles. The van der Waals surface area contributed by atoms with Gasteiger partial charge in [0.25, 0.3) is 0 Å². The molecule has 1 rings (SSSR count). The van der Waals surface area contributed by atoms with Crippen LogP contribution >= 0.6 is 0 Å². The van der Waals surface area contributed by atoms with E-state index in [4.69, 9.17) is 5.73 Å². The highest BCUT2D eigenvalue weighted by atomic mass is 15.3. The van der Waals surface area contributed by atoms with Crippen molar-refractivity contribution in [3.63, 3.8) is 0 Å². The fraction of sp³-hybridized carbons (Fsp3) is 0.500. The average molecular weight is 181 g/mol. The normalized spacial score (nSPS) is 22.7. The minimum absolute atomic E-state index is 0.0775. The molecule has 0 aliphatic carbocycles. The molecule has 0 fully saturated rings. The molecule has 0 saturated heterocycles. The predicted molar refractivity (Wildman–Crippen MR) is 54.5 cm³/mol. The summed E-state index contributed by atoms with van der Waals surface area (Å²) in [6, 6.07) is 0.0775. The van der Waals surface area contributed by atoms with Gasteiger partial charge < -0.3 is 16.0 Å². The molecule has 72 valence electrons.